The van der Waals surface area contributed by atoms with E-state index in [4.69, 9.17) is 5.11 Å². The molecule has 1 aromatic heterocycles. The van der Waals surface area contributed by atoms with E-state index in [1.807, 2.05) is 18.5 Å². The topological polar surface area (TPSA) is 58.4 Å². The first-order valence-corrected chi connectivity index (χ1v) is 8.22. The fourth-order valence-electron chi connectivity index (χ4n) is 3.48. The summed E-state index contributed by atoms with van der Waals surface area (Å²) in [4.78, 5) is 13.3. The van der Waals surface area contributed by atoms with Crippen molar-refractivity contribution in [3.8, 4) is 5.69 Å². The predicted octanol–water partition coefficient (Wildman–Crippen LogP) is 3.07. The van der Waals surface area contributed by atoms with Gasteiger partial charge in [-0.15, -0.1) is 0 Å². The van der Waals surface area contributed by atoms with E-state index in [2.05, 4.69) is 10.00 Å². The molecular weight excluding hydrogens is 309 g/mol. The fourth-order valence-corrected chi connectivity index (χ4v) is 3.48. The smallest absolute Gasteiger partial charge is 0.304 e. The van der Waals surface area contributed by atoms with Crippen LogP contribution in [0.5, 0.6) is 0 Å². The van der Waals surface area contributed by atoms with Crippen LogP contribution in [0, 0.1) is 19.7 Å². The Hall–Kier alpha value is -2.21. The lowest BCUT2D eigenvalue weighted by Gasteiger charge is -2.23. The number of aromatic nitrogens is 2. The minimum absolute atomic E-state index is 0.0930. The highest BCUT2D eigenvalue weighted by Gasteiger charge is 2.28. The molecule has 3 rings (SSSR count). The zero-order chi connectivity index (χ0) is 17.3. The highest BCUT2D eigenvalue weighted by molar-refractivity contribution is 5.67. The molecule has 1 fully saturated rings. The van der Waals surface area contributed by atoms with Gasteiger partial charge in [0, 0.05) is 23.8 Å². The van der Waals surface area contributed by atoms with Crippen LogP contribution in [-0.2, 0) is 11.3 Å². The summed E-state index contributed by atoms with van der Waals surface area (Å²) in [5.74, 6) is -1.02. The molecule has 0 saturated carbocycles. The molecule has 0 aliphatic carbocycles. The number of halogens is 1. The highest BCUT2D eigenvalue weighted by Crippen LogP contribution is 2.26. The molecule has 2 aromatic rings. The van der Waals surface area contributed by atoms with Crippen LogP contribution in [0.3, 0.4) is 0 Å². The van der Waals surface area contributed by atoms with Crippen molar-refractivity contribution in [3.63, 3.8) is 0 Å². The molecule has 1 saturated heterocycles. The van der Waals surface area contributed by atoms with E-state index < -0.39 is 5.97 Å². The van der Waals surface area contributed by atoms with Gasteiger partial charge >= 0.3 is 5.97 Å². The zero-order valence-electron chi connectivity index (χ0n) is 14.0. The summed E-state index contributed by atoms with van der Waals surface area (Å²) in [7, 11) is 0. The number of likely N-dealkylation sites (tertiary alicyclic amines) is 1. The molecule has 1 aromatic carbocycles. The first-order valence-electron chi connectivity index (χ1n) is 8.22. The first-order chi connectivity index (χ1) is 11.5. The van der Waals surface area contributed by atoms with Gasteiger partial charge in [-0.3, -0.25) is 9.69 Å². The van der Waals surface area contributed by atoms with Crippen molar-refractivity contribution in [2.24, 2.45) is 0 Å². The van der Waals surface area contributed by atoms with Gasteiger partial charge in [-0.05, 0) is 57.5 Å². The van der Waals surface area contributed by atoms with Crippen molar-refractivity contribution in [1.82, 2.24) is 14.7 Å². The summed E-state index contributed by atoms with van der Waals surface area (Å²) in [6, 6.07) is 6.36. The van der Waals surface area contributed by atoms with E-state index >= 15 is 0 Å². The van der Waals surface area contributed by atoms with Gasteiger partial charge in [0.25, 0.3) is 0 Å². The van der Waals surface area contributed by atoms with Crippen LogP contribution in [0.1, 0.15) is 36.2 Å². The van der Waals surface area contributed by atoms with E-state index in [1.165, 1.54) is 12.1 Å². The first kappa shape index (κ1) is 16.6. The summed E-state index contributed by atoms with van der Waals surface area (Å²) in [5, 5.41) is 13.7. The Morgan fingerprint density at radius 3 is 2.71 bits per heavy atom. The number of aliphatic carboxylic acids is 1. The average Bonchev–Trinajstić information content (AvgIpc) is 3.07. The average molecular weight is 331 g/mol. The van der Waals surface area contributed by atoms with E-state index in [0.29, 0.717) is 6.54 Å². The van der Waals surface area contributed by atoms with Crippen LogP contribution < -0.4 is 0 Å². The largest absolute Gasteiger partial charge is 0.481 e. The van der Waals surface area contributed by atoms with Gasteiger partial charge in [-0.25, -0.2) is 9.07 Å². The van der Waals surface area contributed by atoms with Crippen molar-refractivity contribution < 1.29 is 14.3 Å². The second kappa shape index (κ2) is 6.73. The lowest BCUT2D eigenvalue weighted by Crippen LogP contribution is -2.31. The maximum atomic E-state index is 13.1. The minimum Gasteiger partial charge on any atom is -0.481 e. The summed E-state index contributed by atoms with van der Waals surface area (Å²) >= 11 is 0. The molecule has 6 heteroatoms. The Labute approximate surface area is 140 Å². The molecule has 1 aliphatic heterocycles. The molecule has 1 unspecified atom stereocenters. The van der Waals surface area contributed by atoms with Crippen LogP contribution >= 0.6 is 0 Å². The van der Waals surface area contributed by atoms with Gasteiger partial charge in [-0.1, -0.05) is 0 Å². The molecule has 24 heavy (non-hydrogen) atoms. The molecule has 128 valence electrons. The SMILES string of the molecule is Cc1nn(-c2ccc(F)cc2)c(C)c1CN1CCCC1CC(=O)O. The van der Waals surface area contributed by atoms with Crippen molar-refractivity contribution >= 4 is 5.97 Å². The summed E-state index contributed by atoms with van der Waals surface area (Å²) in [6.07, 6.45) is 2.14. The van der Waals surface area contributed by atoms with Gasteiger partial charge in [-0.2, -0.15) is 5.10 Å². The standard InChI is InChI=1S/C18H22FN3O2/c1-12-17(11-21-9-3-4-16(21)10-18(23)24)13(2)22(20-12)15-7-5-14(19)6-8-15/h5-8,16H,3-4,9-11H2,1-2H3,(H,23,24). The van der Waals surface area contributed by atoms with Crippen LogP contribution in [0.25, 0.3) is 5.69 Å². The van der Waals surface area contributed by atoms with Gasteiger partial charge < -0.3 is 5.11 Å². The van der Waals surface area contributed by atoms with E-state index in [-0.39, 0.29) is 18.3 Å². The minimum atomic E-state index is -0.748. The quantitative estimate of drug-likeness (QED) is 0.915. The molecule has 5 nitrogen and oxygen atoms in total. The number of rotatable bonds is 5. The van der Waals surface area contributed by atoms with E-state index in [0.717, 1.165) is 42.0 Å². The molecule has 2 heterocycles. The van der Waals surface area contributed by atoms with Crippen LogP contribution in [0.4, 0.5) is 4.39 Å². The van der Waals surface area contributed by atoms with Crippen LogP contribution in [-0.4, -0.2) is 38.3 Å². The Kier molecular flexibility index (Phi) is 4.66. The molecule has 0 radical (unpaired) electrons. The van der Waals surface area contributed by atoms with Crippen LogP contribution in [0.15, 0.2) is 24.3 Å². The summed E-state index contributed by atoms with van der Waals surface area (Å²) < 4.78 is 14.9. The number of carboxylic acids is 1. The van der Waals surface area contributed by atoms with E-state index in [9.17, 15) is 9.18 Å². The molecule has 0 spiro atoms. The predicted molar refractivity (Wildman–Crippen MR) is 88.7 cm³/mol. The lowest BCUT2D eigenvalue weighted by atomic mass is 10.1. The van der Waals surface area contributed by atoms with Gasteiger partial charge in [0.15, 0.2) is 0 Å². The molecular formula is C18H22FN3O2. The molecule has 1 N–H and O–H groups in total. The Morgan fingerprint density at radius 1 is 1.33 bits per heavy atom. The number of aryl methyl sites for hydroxylation is 1. The van der Waals surface area contributed by atoms with Gasteiger partial charge in [0.1, 0.15) is 5.82 Å². The van der Waals surface area contributed by atoms with Crippen molar-refractivity contribution in [3.05, 3.63) is 47.0 Å². The molecule has 1 atom stereocenters. The number of hydrogen-bond acceptors (Lipinski definition) is 3. The van der Waals surface area contributed by atoms with Gasteiger partial charge in [0.2, 0.25) is 0 Å². The number of carbonyl (C=O) groups is 1. The fraction of sp³-hybridized carbons (Fsp3) is 0.444. The maximum Gasteiger partial charge on any atom is 0.304 e. The molecule has 1 aliphatic rings. The Morgan fingerprint density at radius 2 is 2.04 bits per heavy atom. The van der Waals surface area contributed by atoms with Crippen LogP contribution in [0.2, 0.25) is 0 Å². The van der Waals surface area contributed by atoms with Crippen molar-refractivity contribution in [2.75, 3.05) is 6.54 Å². The molecule has 0 amide bonds. The van der Waals surface area contributed by atoms with Gasteiger partial charge in [0.05, 0.1) is 17.8 Å². The summed E-state index contributed by atoms with van der Waals surface area (Å²) in [5.41, 5.74) is 3.89. The zero-order valence-corrected chi connectivity index (χ0v) is 14.0. The normalized spacial score (nSPS) is 18.2. The summed E-state index contributed by atoms with van der Waals surface area (Å²) in [6.45, 7) is 5.58. The lowest BCUT2D eigenvalue weighted by molar-refractivity contribution is -0.138. The second-order valence-electron chi connectivity index (χ2n) is 6.40. The van der Waals surface area contributed by atoms with Crippen molar-refractivity contribution in [1.29, 1.82) is 0 Å². The van der Waals surface area contributed by atoms with E-state index in [1.54, 1.807) is 12.1 Å². The third kappa shape index (κ3) is 3.33. The number of hydrogen-bond donors (Lipinski definition) is 1. The highest BCUT2D eigenvalue weighted by atomic mass is 19.1. The third-order valence-corrected chi connectivity index (χ3v) is 4.78. The number of benzene rings is 1. The maximum absolute atomic E-state index is 13.1. The Balaban J connectivity index is 1.84. The molecule has 0 bridgehead atoms. The Bertz CT molecular complexity index is 739. The third-order valence-electron chi connectivity index (χ3n) is 4.78. The second-order valence-corrected chi connectivity index (χ2v) is 6.40. The number of nitrogens with zero attached hydrogens (tertiary/aromatic N) is 3. The monoisotopic (exact) mass is 331 g/mol. The number of carboxylic acid groups (broad SMARTS) is 1. The van der Waals surface area contributed by atoms with Crippen molar-refractivity contribution in [2.45, 2.75) is 45.7 Å².